The van der Waals surface area contributed by atoms with Gasteiger partial charge in [-0.2, -0.15) is 0 Å². The molecule has 3 saturated carbocycles. The molecule has 1 heterocycles. The van der Waals surface area contributed by atoms with Crippen molar-refractivity contribution < 1.29 is 19.8 Å². The summed E-state index contributed by atoms with van der Waals surface area (Å²) in [4.78, 5) is 25.0. The Balaban J connectivity index is 1.54. The van der Waals surface area contributed by atoms with Crippen molar-refractivity contribution in [2.75, 3.05) is 5.32 Å². The van der Waals surface area contributed by atoms with Gasteiger partial charge in [0.1, 0.15) is 0 Å². The Morgan fingerprint density at radius 3 is 2.61 bits per heavy atom. The Kier molecular flexibility index (Phi) is 5.26. The molecule has 0 aromatic heterocycles. The molecule has 0 saturated heterocycles. The Labute approximate surface area is 200 Å². The topological polar surface area (TPSA) is 86.6 Å². The molecule has 1 aliphatic heterocycles. The maximum absolute atomic E-state index is 13.2. The van der Waals surface area contributed by atoms with Crippen molar-refractivity contribution in [3.63, 3.8) is 0 Å². The molecule has 5 rings (SSSR count). The summed E-state index contributed by atoms with van der Waals surface area (Å²) in [7, 11) is 0. The SMILES string of the molecule is C[C@]1(/C=C2/Nc3ccc(Cl)cc3C2=O)[C@@H](CC(=O)O)CC[C@@H]2[C@@H]1CC[C@@]1(C)[C@H]2CC[C@]1(C)O. The molecule has 5 nitrogen and oxygen atoms in total. The first-order chi connectivity index (χ1) is 15.5. The molecule has 3 fully saturated rings. The lowest BCUT2D eigenvalue weighted by Crippen LogP contribution is -2.54. The molecule has 3 N–H and O–H groups in total. The van der Waals surface area contributed by atoms with Gasteiger partial charge in [-0.25, -0.2) is 0 Å². The molecule has 178 valence electrons. The van der Waals surface area contributed by atoms with Crippen molar-refractivity contribution in [2.45, 2.75) is 71.3 Å². The summed E-state index contributed by atoms with van der Waals surface area (Å²) < 4.78 is 0. The number of carboxylic acids is 1. The third-order valence-electron chi connectivity index (χ3n) is 10.1. The van der Waals surface area contributed by atoms with Crippen LogP contribution in [-0.4, -0.2) is 27.6 Å². The Hall–Kier alpha value is -1.85. The third kappa shape index (κ3) is 3.37. The lowest BCUT2D eigenvalue weighted by atomic mass is 9.46. The van der Waals surface area contributed by atoms with E-state index in [-0.39, 0.29) is 29.5 Å². The number of hydrogen-bond acceptors (Lipinski definition) is 4. The van der Waals surface area contributed by atoms with Crippen LogP contribution in [0.15, 0.2) is 30.0 Å². The number of aliphatic hydroxyl groups is 1. The molecular formula is C27H34ClNO4. The maximum atomic E-state index is 13.2. The number of benzene rings is 1. The molecule has 0 amide bonds. The van der Waals surface area contributed by atoms with E-state index in [9.17, 15) is 19.8 Å². The third-order valence-corrected chi connectivity index (χ3v) is 10.4. The highest BCUT2D eigenvalue weighted by Gasteiger charge is 2.62. The number of ketones is 1. The van der Waals surface area contributed by atoms with Crippen LogP contribution in [0, 0.1) is 34.5 Å². The van der Waals surface area contributed by atoms with Crippen LogP contribution in [0.3, 0.4) is 0 Å². The van der Waals surface area contributed by atoms with Crippen LogP contribution in [0.25, 0.3) is 0 Å². The van der Waals surface area contributed by atoms with Gasteiger partial charge >= 0.3 is 5.97 Å². The Bertz CT molecular complexity index is 1050. The van der Waals surface area contributed by atoms with Gasteiger partial charge in [0, 0.05) is 22.7 Å². The number of halogens is 1. The fraction of sp³-hybridized carbons (Fsp3) is 0.630. The number of carbonyl (C=O) groups is 2. The average molecular weight is 472 g/mol. The lowest BCUT2D eigenvalue weighted by molar-refractivity contribution is -0.145. The standard InChI is InChI=1S/C27H34ClNO4/c1-25(14-22-24(32)18-13-16(28)5-7-21(18)29-22)15(12-23(30)31)4-6-17-19(25)8-10-26(2)20(17)9-11-27(26,3)33/h5,7,13-15,17,19-20,29,33H,4,6,8-12H2,1-3H3,(H,30,31)/b22-14+/t15-,17-,19+,20+,25+,26+,27+/m1/s1. The number of Topliss-reactive ketones (excluding diaryl/α,β-unsaturated/α-hetero) is 1. The summed E-state index contributed by atoms with van der Waals surface area (Å²) in [5, 5.41) is 24.7. The molecule has 0 spiro atoms. The summed E-state index contributed by atoms with van der Waals surface area (Å²) in [6, 6.07) is 5.29. The van der Waals surface area contributed by atoms with Gasteiger partial charge in [-0.3, -0.25) is 9.59 Å². The smallest absolute Gasteiger partial charge is 0.303 e. The van der Waals surface area contributed by atoms with E-state index >= 15 is 0 Å². The minimum absolute atomic E-state index is 0.0306. The first-order valence-electron chi connectivity index (χ1n) is 12.2. The van der Waals surface area contributed by atoms with E-state index in [4.69, 9.17) is 11.6 Å². The molecule has 4 aliphatic rings. The second kappa shape index (κ2) is 7.58. The van der Waals surface area contributed by atoms with E-state index in [0.29, 0.717) is 28.1 Å². The highest BCUT2D eigenvalue weighted by atomic mass is 35.5. The number of aliphatic carboxylic acids is 1. The second-order valence-electron chi connectivity index (χ2n) is 11.6. The van der Waals surface area contributed by atoms with Crippen molar-refractivity contribution in [2.24, 2.45) is 34.5 Å². The molecule has 1 aromatic carbocycles. The van der Waals surface area contributed by atoms with Crippen molar-refractivity contribution in [1.82, 2.24) is 0 Å². The van der Waals surface area contributed by atoms with Crippen molar-refractivity contribution in [3.8, 4) is 0 Å². The highest BCUT2D eigenvalue weighted by Crippen LogP contribution is 2.67. The molecule has 3 aliphatic carbocycles. The van der Waals surface area contributed by atoms with Crippen LogP contribution >= 0.6 is 11.6 Å². The normalized spacial score (nSPS) is 43.1. The first kappa shape index (κ1) is 22.9. The molecule has 1 aromatic rings. The summed E-state index contributed by atoms with van der Waals surface area (Å²) >= 11 is 6.13. The fourth-order valence-corrected chi connectivity index (χ4v) is 8.22. The minimum atomic E-state index is -0.784. The van der Waals surface area contributed by atoms with Gasteiger partial charge in [0.25, 0.3) is 0 Å². The van der Waals surface area contributed by atoms with Gasteiger partial charge in [0.05, 0.1) is 11.3 Å². The van der Waals surface area contributed by atoms with E-state index in [0.717, 1.165) is 44.2 Å². The summed E-state index contributed by atoms with van der Waals surface area (Å²) in [6.07, 6.45) is 7.70. The Morgan fingerprint density at radius 1 is 1.15 bits per heavy atom. The van der Waals surface area contributed by atoms with Crippen molar-refractivity contribution in [3.05, 3.63) is 40.6 Å². The van der Waals surface area contributed by atoms with Crippen LogP contribution in [0.5, 0.6) is 0 Å². The molecular weight excluding hydrogens is 438 g/mol. The van der Waals surface area contributed by atoms with Gasteiger partial charge in [-0.05, 0) is 98.1 Å². The number of anilines is 1. The van der Waals surface area contributed by atoms with Crippen LogP contribution in [0.4, 0.5) is 5.69 Å². The van der Waals surface area contributed by atoms with E-state index in [1.807, 2.05) is 13.0 Å². The zero-order valence-corrected chi connectivity index (χ0v) is 20.4. The van der Waals surface area contributed by atoms with E-state index in [2.05, 4.69) is 25.2 Å². The first-order valence-corrected chi connectivity index (χ1v) is 12.6. The van der Waals surface area contributed by atoms with Gasteiger partial charge < -0.3 is 15.5 Å². The lowest BCUT2D eigenvalue weighted by Gasteiger charge is -2.59. The van der Waals surface area contributed by atoms with Crippen molar-refractivity contribution in [1.29, 1.82) is 0 Å². The molecule has 0 radical (unpaired) electrons. The predicted octanol–water partition coefficient (Wildman–Crippen LogP) is 5.92. The van der Waals surface area contributed by atoms with Gasteiger partial charge in [-0.15, -0.1) is 0 Å². The summed E-state index contributed by atoms with van der Waals surface area (Å²) in [5.41, 5.74) is 0.695. The second-order valence-corrected chi connectivity index (χ2v) is 12.0. The highest BCUT2D eigenvalue weighted by molar-refractivity contribution is 6.32. The number of carbonyl (C=O) groups excluding carboxylic acids is 1. The fourth-order valence-electron chi connectivity index (χ4n) is 8.04. The van der Waals surface area contributed by atoms with Crippen molar-refractivity contribution >= 4 is 29.0 Å². The van der Waals surface area contributed by atoms with E-state index in [1.54, 1.807) is 12.1 Å². The number of carboxylic acid groups (broad SMARTS) is 1. The van der Waals surface area contributed by atoms with Crippen LogP contribution in [0.2, 0.25) is 5.02 Å². The van der Waals surface area contributed by atoms with Crippen LogP contribution in [0.1, 0.15) is 76.1 Å². The maximum Gasteiger partial charge on any atom is 0.303 e. The predicted molar refractivity (Wildman–Crippen MR) is 128 cm³/mol. The molecule has 0 bridgehead atoms. The Morgan fingerprint density at radius 2 is 1.88 bits per heavy atom. The zero-order valence-electron chi connectivity index (χ0n) is 19.7. The zero-order chi connectivity index (χ0) is 23.8. The quantitative estimate of drug-likeness (QED) is 0.476. The number of hydrogen-bond donors (Lipinski definition) is 3. The monoisotopic (exact) mass is 471 g/mol. The molecule has 6 heteroatoms. The van der Waals surface area contributed by atoms with Gasteiger partial charge in [0.2, 0.25) is 5.78 Å². The van der Waals surface area contributed by atoms with Crippen LogP contribution in [-0.2, 0) is 4.79 Å². The number of nitrogens with one attached hydrogen (secondary N) is 1. The largest absolute Gasteiger partial charge is 0.481 e. The van der Waals surface area contributed by atoms with Gasteiger partial charge in [0.15, 0.2) is 0 Å². The minimum Gasteiger partial charge on any atom is -0.481 e. The number of rotatable bonds is 3. The molecule has 7 atom stereocenters. The molecule has 33 heavy (non-hydrogen) atoms. The summed E-state index contributed by atoms with van der Waals surface area (Å²) in [6.45, 7) is 6.42. The number of fused-ring (bicyclic) bond motifs is 4. The summed E-state index contributed by atoms with van der Waals surface area (Å²) in [5.74, 6) is 0.257. The van der Waals surface area contributed by atoms with Gasteiger partial charge in [-0.1, -0.05) is 31.5 Å². The van der Waals surface area contributed by atoms with Crippen LogP contribution < -0.4 is 5.32 Å². The molecule has 0 unspecified atom stereocenters. The average Bonchev–Trinajstić information content (AvgIpc) is 3.17. The van der Waals surface area contributed by atoms with E-state index in [1.165, 1.54) is 0 Å². The van der Waals surface area contributed by atoms with E-state index < -0.39 is 17.0 Å². The number of allylic oxidation sites excluding steroid dienone is 2.